The molecule has 2 aromatic carbocycles. The third-order valence-corrected chi connectivity index (χ3v) is 5.14. The van der Waals surface area contributed by atoms with Gasteiger partial charge >= 0.3 is 11.9 Å². The zero-order chi connectivity index (χ0) is 22.2. The number of nitrogens with zero attached hydrogens (tertiary/aromatic N) is 1. The fourth-order valence-electron chi connectivity index (χ4n) is 2.62. The van der Waals surface area contributed by atoms with Gasteiger partial charge < -0.3 is 19.3 Å². The van der Waals surface area contributed by atoms with Gasteiger partial charge in [0.15, 0.2) is 6.61 Å². The first kappa shape index (κ1) is 22.2. The van der Waals surface area contributed by atoms with Gasteiger partial charge in [0, 0.05) is 0 Å². The topological polar surface area (TPSA) is 94.4 Å². The number of benzene rings is 2. The fourth-order valence-corrected chi connectivity index (χ4v) is 3.66. The van der Waals surface area contributed by atoms with Crippen LogP contribution in [-0.4, -0.2) is 42.4 Å². The summed E-state index contributed by atoms with van der Waals surface area (Å²) in [7, 11) is 1.29. The Bertz CT molecular complexity index is 1040. The Hall–Kier alpha value is -3.52. The Morgan fingerprint density at radius 1 is 1.10 bits per heavy atom. The van der Waals surface area contributed by atoms with Crippen LogP contribution in [0.1, 0.15) is 12.5 Å². The summed E-state index contributed by atoms with van der Waals surface area (Å²) in [6.07, 6.45) is 1.73. The Labute approximate surface area is 184 Å². The molecule has 160 valence electrons. The smallest absolute Gasteiger partial charge is 0.344 e. The fraction of sp³-hybridized carbons (Fsp3) is 0.174. The van der Waals surface area contributed by atoms with Crippen LogP contribution >= 0.6 is 11.8 Å². The van der Waals surface area contributed by atoms with E-state index < -0.39 is 11.9 Å². The molecule has 0 amide bonds. The number of aliphatic imine (C=N–C) groups is 1. The number of para-hydroxylation sites is 1. The Morgan fingerprint density at radius 2 is 1.81 bits per heavy atom. The normalized spacial score (nSPS) is 15.9. The number of carbonyl (C=O) groups is 2. The number of ether oxygens (including phenoxy) is 3. The van der Waals surface area contributed by atoms with Crippen LogP contribution in [-0.2, 0) is 19.1 Å². The molecule has 1 heterocycles. The zero-order valence-electron chi connectivity index (χ0n) is 17.0. The van der Waals surface area contributed by atoms with Gasteiger partial charge in [-0.1, -0.05) is 42.1 Å². The summed E-state index contributed by atoms with van der Waals surface area (Å²) in [5, 5.41) is 11.1. The lowest BCUT2D eigenvalue weighted by molar-refractivity contribution is -0.143. The van der Waals surface area contributed by atoms with Gasteiger partial charge in [0.05, 0.1) is 24.3 Å². The second-order valence-corrected chi connectivity index (χ2v) is 7.27. The van der Waals surface area contributed by atoms with E-state index in [2.05, 4.69) is 9.73 Å². The lowest BCUT2D eigenvalue weighted by Crippen LogP contribution is -2.12. The molecule has 0 fully saturated rings. The number of aliphatic hydroxyl groups excluding tert-OH is 1. The summed E-state index contributed by atoms with van der Waals surface area (Å²) in [6, 6.07) is 16.1. The summed E-state index contributed by atoms with van der Waals surface area (Å²) < 4.78 is 15.0. The number of thioether (sulfide) groups is 1. The van der Waals surface area contributed by atoms with Crippen molar-refractivity contribution in [1.29, 1.82) is 0 Å². The van der Waals surface area contributed by atoms with Crippen molar-refractivity contribution in [3.63, 3.8) is 0 Å². The predicted molar refractivity (Wildman–Crippen MR) is 119 cm³/mol. The van der Waals surface area contributed by atoms with Crippen LogP contribution in [0.5, 0.6) is 5.75 Å². The Kier molecular flexibility index (Phi) is 7.50. The first-order chi connectivity index (χ1) is 15.0. The van der Waals surface area contributed by atoms with E-state index in [1.54, 1.807) is 37.3 Å². The highest BCUT2D eigenvalue weighted by Gasteiger charge is 2.33. The first-order valence-corrected chi connectivity index (χ1v) is 10.3. The quantitative estimate of drug-likeness (QED) is 0.638. The number of hydrogen-bond acceptors (Lipinski definition) is 8. The standard InChI is InChI=1S/C23H21NO6S/c1-3-29-23(27)20-21(26)18(31-22(20)24-16-7-5-4-6-8-16)13-15-9-11-17(12-10-15)30-14-19(25)28-2/h4-13,26H,3,14H2,1-2H3/b18-13-,24-22?. The molecule has 0 spiro atoms. The molecular weight excluding hydrogens is 418 g/mol. The molecule has 2 aromatic rings. The van der Waals surface area contributed by atoms with Gasteiger partial charge in [0.2, 0.25) is 0 Å². The van der Waals surface area contributed by atoms with Crippen LogP contribution in [0.2, 0.25) is 0 Å². The molecule has 7 nitrogen and oxygen atoms in total. The van der Waals surface area contributed by atoms with Crippen LogP contribution in [0.3, 0.4) is 0 Å². The second-order valence-electron chi connectivity index (χ2n) is 6.24. The monoisotopic (exact) mass is 439 g/mol. The minimum absolute atomic E-state index is 0.0417. The van der Waals surface area contributed by atoms with E-state index in [4.69, 9.17) is 9.47 Å². The molecule has 0 aliphatic carbocycles. The van der Waals surface area contributed by atoms with Gasteiger partial charge in [-0.3, -0.25) is 0 Å². The number of esters is 2. The number of carbonyl (C=O) groups excluding carboxylic acids is 2. The van der Waals surface area contributed by atoms with Gasteiger partial charge in [-0.25, -0.2) is 14.6 Å². The molecule has 3 rings (SSSR count). The average molecular weight is 439 g/mol. The molecular formula is C23H21NO6S. The summed E-state index contributed by atoms with van der Waals surface area (Å²) in [5.74, 6) is -0.772. The highest BCUT2D eigenvalue weighted by Crippen LogP contribution is 2.40. The number of methoxy groups -OCH3 is 1. The molecule has 0 saturated heterocycles. The minimum atomic E-state index is -0.628. The largest absolute Gasteiger partial charge is 0.506 e. The van der Waals surface area contributed by atoms with E-state index in [1.807, 2.05) is 30.3 Å². The highest BCUT2D eigenvalue weighted by atomic mass is 32.2. The SMILES string of the molecule is CCOC(=O)C1=C(O)/C(=C/c2ccc(OCC(=O)OC)cc2)SC1=Nc1ccccc1. The Morgan fingerprint density at radius 3 is 2.45 bits per heavy atom. The van der Waals surface area contributed by atoms with Crippen molar-refractivity contribution in [2.24, 2.45) is 4.99 Å². The first-order valence-electron chi connectivity index (χ1n) is 9.46. The summed E-state index contributed by atoms with van der Waals surface area (Å²) in [4.78, 5) is 28.6. The molecule has 0 saturated carbocycles. The molecule has 8 heteroatoms. The maximum atomic E-state index is 12.4. The molecule has 0 unspecified atom stereocenters. The van der Waals surface area contributed by atoms with Crippen molar-refractivity contribution in [2.75, 3.05) is 20.3 Å². The third-order valence-electron chi connectivity index (χ3n) is 4.12. The molecule has 1 aliphatic heterocycles. The summed E-state index contributed by atoms with van der Waals surface area (Å²) in [6.45, 7) is 1.70. The van der Waals surface area contributed by atoms with Crippen molar-refractivity contribution in [3.8, 4) is 5.75 Å². The van der Waals surface area contributed by atoms with Gasteiger partial charge in [-0.05, 0) is 42.8 Å². The summed E-state index contributed by atoms with van der Waals surface area (Å²) in [5.41, 5.74) is 1.47. The van der Waals surface area contributed by atoms with Gasteiger partial charge in [-0.2, -0.15) is 0 Å². The number of hydrogen-bond donors (Lipinski definition) is 1. The minimum Gasteiger partial charge on any atom is -0.506 e. The van der Waals surface area contributed by atoms with E-state index in [1.165, 1.54) is 18.9 Å². The molecule has 0 bridgehead atoms. The van der Waals surface area contributed by atoms with E-state index in [0.29, 0.717) is 21.4 Å². The van der Waals surface area contributed by atoms with E-state index in [9.17, 15) is 14.7 Å². The average Bonchev–Trinajstić information content (AvgIpc) is 3.08. The van der Waals surface area contributed by atoms with E-state index in [0.717, 1.165) is 5.56 Å². The molecule has 1 aliphatic rings. The molecule has 31 heavy (non-hydrogen) atoms. The van der Waals surface area contributed by atoms with Gasteiger partial charge in [0.1, 0.15) is 22.1 Å². The van der Waals surface area contributed by atoms with Crippen molar-refractivity contribution < 1.29 is 28.9 Å². The second kappa shape index (κ2) is 10.5. The Balaban J connectivity index is 1.87. The maximum absolute atomic E-state index is 12.4. The molecule has 1 N–H and O–H groups in total. The van der Waals surface area contributed by atoms with Crippen molar-refractivity contribution in [1.82, 2.24) is 0 Å². The van der Waals surface area contributed by atoms with Crippen molar-refractivity contribution in [3.05, 3.63) is 76.4 Å². The predicted octanol–water partition coefficient (Wildman–Crippen LogP) is 4.43. The van der Waals surface area contributed by atoms with Crippen LogP contribution in [0.15, 0.2) is 75.8 Å². The highest BCUT2D eigenvalue weighted by molar-refractivity contribution is 8.18. The van der Waals surface area contributed by atoms with E-state index in [-0.39, 0.29) is 24.5 Å². The molecule has 0 aromatic heterocycles. The van der Waals surface area contributed by atoms with Crippen LogP contribution in [0.4, 0.5) is 5.69 Å². The number of aliphatic hydroxyl groups is 1. The van der Waals surface area contributed by atoms with Gasteiger partial charge in [-0.15, -0.1) is 0 Å². The molecule has 0 radical (unpaired) electrons. The third kappa shape index (κ3) is 5.76. The lowest BCUT2D eigenvalue weighted by atomic mass is 10.1. The zero-order valence-corrected chi connectivity index (χ0v) is 17.8. The van der Waals surface area contributed by atoms with Crippen molar-refractivity contribution >= 4 is 40.5 Å². The van der Waals surface area contributed by atoms with E-state index >= 15 is 0 Å². The van der Waals surface area contributed by atoms with Gasteiger partial charge in [0.25, 0.3) is 0 Å². The number of rotatable bonds is 7. The van der Waals surface area contributed by atoms with Crippen molar-refractivity contribution in [2.45, 2.75) is 6.92 Å². The summed E-state index contributed by atoms with van der Waals surface area (Å²) >= 11 is 1.19. The molecule has 0 atom stereocenters. The maximum Gasteiger partial charge on any atom is 0.344 e. The van der Waals surface area contributed by atoms with Crippen LogP contribution in [0.25, 0.3) is 6.08 Å². The van der Waals surface area contributed by atoms with Crippen LogP contribution in [0, 0.1) is 0 Å². The lowest BCUT2D eigenvalue weighted by Gasteiger charge is -2.05. The van der Waals surface area contributed by atoms with Crippen LogP contribution < -0.4 is 4.74 Å².